The summed E-state index contributed by atoms with van der Waals surface area (Å²) in [6.45, 7) is 16.6. The van der Waals surface area contributed by atoms with Crippen molar-refractivity contribution in [1.82, 2.24) is 0 Å². The summed E-state index contributed by atoms with van der Waals surface area (Å²) in [6, 6.07) is 0. The number of hydrogen-bond acceptors (Lipinski definition) is 0. The highest BCUT2D eigenvalue weighted by Crippen LogP contribution is 2.38. The first kappa shape index (κ1) is 14.0. The second-order valence-corrected chi connectivity index (χ2v) is 7.00. The monoisotopic (exact) mass is 198 g/mol. The molecular weight excluding hydrogens is 168 g/mol. The molecule has 0 saturated carbocycles. The van der Waals surface area contributed by atoms with Crippen molar-refractivity contribution in [2.24, 2.45) is 16.7 Å². The lowest BCUT2D eigenvalue weighted by atomic mass is 9.71. The highest BCUT2D eigenvalue weighted by molar-refractivity contribution is 4.77. The van der Waals surface area contributed by atoms with Gasteiger partial charge in [-0.25, -0.2) is 0 Å². The molecule has 14 heavy (non-hydrogen) atoms. The molecule has 0 nitrogen and oxygen atoms in total. The zero-order valence-corrected chi connectivity index (χ0v) is 11.4. The van der Waals surface area contributed by atoms with Gasteiger partial charge >= 0.3 is 0 Å². The fraction of sp³-hybridized carbons (Fsp3) is 1.00. The number of rotatable bonds is 5. The molecule has 0 amide bonds. The van der Waals surface area contributed by atoms with Crippen LogP contribution in [0, 0.1) is 16.7 Å². The Balaban J connectivity index is 4.06. The summed E-state index contributed by atoms with van der Waals surface area (Å²) in [5.74, 6) is 0.886. The maximum atomic E-state index is 2.42. The molecule has 0 spiro atoms. The van der Waals surface area contributed by atoms with E-state index in [1.807, 2.05) is 0 Å². The summed E-state index contributed by atoms with van der Waals surface area (Å²) in [4.78, 5) is 0. The molecule has 0 aromatic rings. The van der Waals surface area contributed by atoms with Gasteiger partial charge in [-0.3, -0.25) is 0 Å². The van der Waals surface area contributed by atoms with E-state index in [1.165, 1.54) is 25.7 Å². The Morgan fingerprint density at radius 2 is 1.50 bits per heavy atom. The average molecular weight is 198 g/mol. The lowest BCUT2D eigenvalue weighted by Gasteiger charge is -2.34. The van der Waals surface area contributed by atoms with Gasteiger partial charge in [-0.1, -0.05) is 61.3 Å². The van der Waals surface area contributed by atoms with Crippen LogP contribution in [0.1, 0.15) is 74.1 Å². The molecule has 0 aliphatic carbocycles. The molecule has 0 radical (unpaired) electrons. The van der Waals surface area contributed by atoms with Crippen LogP contribution in [-0.2, 0) is 0 Å². The molecule has 0 fully saturated rings. The van der Waals surface area contributed by atoms with Crippen molar-refractivity contribution in [1.29, 1.82) is 0 Å². The van der Waals surface area contributed by atoms with Gasteiger partial charge in [-0.2, -0.15) is 0 Å². The molecule has 0 aliphatic heterocycles. The Bertz CT molecular complexity index is 148. The molecule has 0 N–H and O–H groups in total. The van der Waals surface area contributed by atoms with Crippen molar-refractivity contribution in [2.75, 3.05) is 0 Å². The third-order valence-electron chi connectivity index (χ3n) is 2.69. The lowest BCUT2D eigenvalue weighted by molar-refractivity contribution is 0.171. The summed E-state index contributed by atoms with van der Waals surface area (Å²) in [5.41, 5.74) is 0.974. The zero-order valence-electron chi connectivity index (χ0n) is 11.4. The summed E-state index contributed by atoms with van der Waals surface area (Å²) in [5, 5.41) is 0. The Labute approximate surface area is 91.5 Å². The topological polar surface area (TPSA) is 0 Å². The van der Waals surface area contributed by atoms with E-state index in [9.17, 15) is 0 Å². The molecule has 0 aromatic carbocycles. The van der Waals surface area contributed by atoms with Crippen molar-refractivity contribution in [3.63, 3.8) is 0 Å². The minimum atomic E-state index is 0.468. The predicted octanol–water partition coefficient (Wildman–Crippen LogP) is 5.28. The van der Waals surface area contributed by atoms with Crippen molar-refractivity contribution in [2.45, 2.75) is 74.1 Å². The van der Waals surface area contributed by atoms with Crippen LogP contribution in [0.5, 0.6) is 0 Å². The lowest BCUT2D eigenvalue weighted by Crippen LogP contribution is -2.23. The minimum Gasteiger partial charge on any atom is -0.0654 e. The van der Waals surface area contributed by atoms with Crippen LogP contribution in [0.25, 0.3) is 0 Å². The quantitative estimate of drug-likeness (QED) is 0.564. The Morgan fingerprint density at radius 1 is 1.00 bits per heavy atom. The van der Waals surface area contributed by atoms with E-state index in [4.69, 9.17) is 0 Å². The van der Waals surface area contributed by atoms with Crippen LogP contribution in [0.15, 0.2) is 0 Å². The maximum Gasteiger partial charge on any atom is -0.0347 e. The highest BCUT2D eigenvalue weighted by atomic mass is 14.3. The van der Waals surface area contributed by atoms with Crippen molar-refractivity contribution < 1.29 is 0 Å². The minimum absolute atomic E-state index is 0.468. The van der Waals surface area contributed by atoms with Crippen molar-refractivity contribution in [3.05, 3.63) is 0 Å². The van der Waals surface area contributed by atoms with E-state index in [0.29, 0.717) is 10.8 Å². The van der Waals surface area contributed by atoms with Gasteiger partial charge in [0, 0.05) is 0 Å². The molecule has 0 heterocycles. The standard InChI is InChI=1S/C14H30/c1-8-9-12(2)10-14(6,7)11-13(3,4)5/h12H,8-11H2,1-7H3/t12-/m0/s1. The molecule has 0 saturated heterocycles. The molecule has 0 aliphatic rings. The largest absolute Gasteiger partial charge is 0.0654 e. The fourth-order valence-electron chi connectivity index (χ4n) is 3.05. The highest BCUT2D eigenvalue weighted by Gasteiger charge is 2.26. The number of hydrogen-bond donors (Lipinski definition) is 0. The predicted molar refractivity (Wildman–Crippen MR) is 66.5 cm³/mol. The van der Waals surface area contributed by atoms with E-state index < -0.39 is 0 Å². The fourth-order valence-corrected chi connectivity index (χ4v) is 3.05. The molecule has 0 rings (SSSR count). The van der Waals surface area contributed by atoms with Crippen molar-refractivity contribution >= 4 is 0 Å². The molecular formula is C14H30. The molecule has 86 valence electrons. The molecule has 0 aromatic heterocycles. The summed E-state index contributed by atoms with van der Waals surface area (Å²) >= 11 is 0. The second kappa shape index (κ2) is 5.19. The van der Waals surface area contributed by atoms with E-state index >= 15 is 0 Å². The van der Waals surface area contributed by atoms with E-state index in [2.05, 4.69) is 48.5 Å². The Kier molecular flexibility index (Phi) is 5.19. The first-order valence-electron chi connectivity index (χ1n) is 6.16. The summed E-state index contributed by atoms with van der Waals surface area (Å²) in [7, 11) is 0. The van der Waals surface area contributed by atoms with Gasteiger partial charge in [0.05, 0.1) is 0 Å². The molecule has 0 unspecified atom stereocenters. The van der Waals surface area contributed by atoms with E-state index in [1.54, 1.807) is 0 Å². The van der Waals surface area contributed by atoms with Crippen LogP contribution in [0.2, 0.25) is 0 Å². The smallest absolute Gasteiger partial charge is 0.0347 e. The third kappa shape index (κ3) is 7.41. The van der Waals surface area contributed by atoms with Gasteiger partial charge < -0.3 is 0 Å². The first-order chi connectivity index (χ1) is 6.16. The van der Waals surface area contributed by atoms with Crippen LogP contribution < -0.4 is 0 Å². The van der Waals surface area contributed by atoms with Crippen LogP contribution in [0.3, 0.4) is 0 Å². The van der Waals surface area contributed by atoms with Gasteiger partial charge in [0.25, 0.3) is 0 Å². The van der Waals surface area contributed by atoms with E-state index in [0.717, 1.165) is 5.92 Å². The SMILES string of the molecule is CCC[C@H](C)CC(C)(C)CC(C)(C)C. The molecule has 0 heteroatoms. The van der Waals surface area contributed by atoms with Gasteiger partial charge in [-0.05, 0) is 29.6 Å². The molecule has 0 bridgehead atoms. The Hall–Kier alpha value is 0. The molecule has 1 atom stereocenters. The Morgan fingerprint density at radius 3 is 1.86 bits per heavy atom. The summed E-state index contributed by atoms with van der Waals surface area (Å²) in [6.07, 6.45) is 5.41. The normalized spacial score (nSPS) is 15.6. The third-order valence-corrected chi connectivity index (χ3v) is 2.69. The van der Waals surface area contributed by atoms with Crippen LogP contribution in [0.4, 0.5) is 0 Å². The van der Waals surface area contributed by atoms with Gasteiger partial charge in [0.2, 0.25) is 0 Å². The maximum absolute atomic E-state index is 2.42. The van der Waals surface area contributed by atoms with Gasteiger partial charge in [0.15, 0.2) is 0 Å². The van der Waals surface area contributed by atoms with Gasteiger partial charge in [-0.15, -0.1) is 0 Å². The first-order valence-corrected chi connectivity index (χ1v) is 6.16. The average Bonchev–Trinajstić information content (AvgIpc) is 1.78. The van der Waals surface area contributed by atoms with E-state index in [-0.39, 0.29) is 0 Å². The van der Waals surface area contributed by atoms with Crippen LogP contribution in [-0.4, -0.2) is 0 Å². The van der Waals surface area contributed by atoms with Gasteiger partial charge in [0.1, 0.15) is 0 Å². The van der Waals surface area contributed by atoms with Crippen molar-refractivity contribution in [3.8, 4) is 0 Å². The van der Waals surface area contributed by atoms with Crippen LogP contribution >= 0.6 is 0 Å². The zero-order chi connectivity index (χ0) is 11.4. The second-order valence-electron chi connectivity index (χ2n) is 7.00. The summed E-state index contributed by atoms with van der Waals surface area (Å²) < 4.78 is 0.